The Hall–Kier alpha value is -2.75. The number of carbonyl (C=O) groups is 2. The van der Waals surface area contributed by atoms with E-state index >= 15 is 0 Å². The highest BCUT2D eigenvalue weighted by atomic mass is 31.2. The fourth-order valence-electron chi connectivity index (χ4n) is 4.53. The fraction of sp³-hybridized carbons (Fsp3) is 0.731. The minimum Gasteiger partial charge on any atom is -0.468 e. The minimum absolute atomic E-state index is 0.0221. The van der Waals surface area contributed by atoms with Crippen molar-refractivity contribution in [2.45, 2.75) is 91.3 Å². The first kappa shape index (κ1) is 36.4. The number of methoxy groups -OCH3 is 2. The summed E-state index contributed by atoms with van der Waals surface area (Å²) in [5.41, 5.74) is 5.89. The summed E-state index contributed by atoms with van der Waals surface area (Å²) in [6.07, 6.45) is -2.10. The van der Waals surface area contributed by atoms with Gasteiger partial charge in [0.1, 0.15) is 18.2 Å². The standard InChI is InChI=1S/C24H39FN7O8P.C2H6/c1-12(2)7-15(22(34)37-5)30-41(36,31-16(8-13(3)4)23(35)38-6)39-10-14-9-17(33)21(40-14)32-11-27-18-19(26)28-24(25)29-20(18)32;1-2/h11-17,21,33H,7-10H2,1-6H3,(H2,26,28,29)(H2,30,31,36);1-2H3/t14?,15-,16-,17?,21?;/m0./s1. The number of nitrogens with two attached hydrogens (primary N) is 1. The average Bonchev–Trinajstić information content (AvgIpc) is 3.53. The summed E-state index contributed by atoms with van der Waals surface area (Å²) in [6.45, 7) is 11.2. The summed E-state index contributed by atoms with van der Waals surface area (Å²) in [7, 11) is -1.73. The molecule has 5 N–H and O–H groups in total. The van der Waals surface area contributed by atoms with Gasteiger partial charge in [-0.3, -0.25) is 18.7 Å². The topological polar surface area (TPSA) is 202 Å². The lowest BCUT2D eigenvalue weighted by Gasteiger charge is -2.29. The molecule has 5 atom stereocenters. The Morgan fingerprint density at radius 3 is 2.14 bits per heavy atom. The van der Waals surface area contributed by atoms with E-state index in [0.717, 1.165) is 0 Å². The van der Waals surface area contributed by atoms with Crippen molar-refractivity contribution in [2.75, 3.05) is 26.6 Å². The third-order valence-corrected chi connectivity index (χ3v) is 8.16. The predicted molar refractivity (Wildman–Crippen MR) is 156 cm³/mol. The Labute approximate surface area is 251 Å². The molecule has 1 fully saturated rings. The number of aliphatic hydroxyl groups is 1. The van der Waals surface area contributed by atoms with E-state index in [4.69, 9.17) is 24.5 Å². The largest absolute Gasteiger partial charge is 0.468 e. The van der Waals surface area contributed by atoms with Crippen LogP contribution in [0.2, 0.25) is 0 Å². The number of esters is 2. The molecule has 15 nitrogen and oxygen atoms in total. The smallest absolute Gasteiger partial charge is 0.342 e. The Balaban J connectivity index is 0.00000316. The SMILES string of the molecule is CC.COC(=O)[C@H](CC(C)C)NP(=O)(N[C@@H](CC(C)C)C(=O)OC)OCC1CC(O)C(n2cnc3c(N)nc(F)nc32)O1. The molecule has 244 valence electrons. The summed E-state index contributed by atoms with van der Waals surface area (Å²) < 4.78 is 50.8. The first-order valence-electron chi connectivity index (χ1n) is 14.2. The van der Waals surface area contributed by atoms with Gasteiger partial charge < -0.3 is 29.6 Å². The van der Waals surface area contributed by atoms with Gasteiger partial charge in [-0.25, -0.2) is 15.2 Å². The molecule has 0 spiro atoms. The van der Waals surface area contributed by atoms with Gasteiger partial charge in [0.2, 0.25) is 0 Å². The number of hydrogen-bond donors (Lipinski definition) is 4. The van der Waals surface area contributed by atoms with Crippen LogP contribution in [-0.2, 0) is 32.9 Å². The van der Waals surface area contributed by atoms with E-state index in [9.17, 15) is 23.7 Å². The van der Waals surface area contributed by atoms with Crippen LogP contribution in [0.1, 0.15) is 67.0 Å². The second-order valence-electron chi connectivity index (χ2n) is 10.7. The summed E-state index contributed by atoms with van der Waals surface area (Å²) in [5, 5.41) is 16.2. The van der Waals surface area contributed by atoms with Crippen LogP contribution in [-0.4, -0.2) is 81.7 Å². The van der Waals surface area contributed by atoms with E-state index in [0.29, 0.717) is 0 Å². The number of nitrogens with one attached hydrogen (secondary N) is 2. The molecule has 1 saturated heterocycles. The van der Waals surface area contributed by atoms with Crippen LogP contribution < -0.4 is 15.9 Å². The van der Waals surface area contributed by atoms with Crippen molar-refractivity contribution in [2.24, 2.45) is 11.8 Å². The van der Waals surface area contributed by atoms with Crippen LogP contribution in [0.3, 0.4) is 0 Å². The number of nitrogen functional groups attached to an aromatic ring is 1. The van der Waals surface area contributed by atoms with E-state index < -0.39 is 56.2 Å². The van der Waals surface area contributed by atoms with Gasteiger partial charge in [-0.2, -0.15) is 14.4 Å². The lowest BCUT2D eigenvalue weighted by atomic mass is 10.1. The van der Waals surface area contributed by atoms with E-state index in [1.807, 2.05) is 41.5 Å². The van der Waals surface area contributed by atoms with Crippen LogP contribution in [0.15, 0.2) is 6.33 Å². The van der Waals surface area contributed by atoms with Gasteiger partial charge in [0.25, 0.3) is 0 Å². The highest BCUT2D eigenvalue weighted by Crippen LogP contribution is 2.42. The van der Waals surface area contributed by atoms with Gasteiger partial charge >= 0.3 is 25.7 Å². The molecule has 17 heteroatoms. The molecule has 2 aromatic rings. The van der Waals surface area contributed by atoms with Gasteiger partial charge in [0.05, 0.1) is 33.3 Å². The lowest BCUT2D eigenvalue weighted by molar-refractivity contribution is -0.143. The number of ether oxygens (including phenoxy) is 3. The lowest BCUT2D eigenvalue weighted by Crippen LogP contribution is -2.45. The third-order valence-electron chi connectivity index (χ3n) is 6.34. The number of aromatic nitrogens is 4. The third kappa shape index (κ3) is 9.88. The van der Waals surface area contributed by atoms with E-state index in [1.165, 1.54) is 25.1 Å². The average molecular weight is 634 g/mol. The van der Waals surface area contributed by atoms with Crippen LogP contribution >= 0.6 is 7.67 Å². The Bertz CT molecular complexity index is 1230. The van der Waals surface area contributed by atoms with Crippen molar-refractivity contribution in [3.05, 3.63) is 12.4 Å². The number of carbonyl (C=O) groups excluding carboxylic acids is 2. The molecular weight excluding hydrogens is 588 g/mol. The number of nitrogens with zero attached hydrogens (tertiary/aromatic N) is 4. The molecule has 0 amide bonds. The zero-order valence-corrected chi connectivity index (χ0v) is 26.8. The van der Waals surface area contributed by atoms with Gasteiger partial charge in [-0.1, -0.05) is 41.5 Å². The van der Waals surface area contributed by atoms with Crippen molar-refractivity contribution < 1.29 is 42.4 Å². The number of fused-ring (bicyclic) bond motifs is 1. The van der Waals surface area contributed by atoms with Gasteiger partial charge in [0.15, 0.2) is 23.2 Å². The molecule has 3 rings (SSSR count). The van der Waals surface area contributed by atoms with Crippen LogP contribution in [0.4, 0.5) is 10.2 Å². The zero-order valence-electron chi connectivity index (χ0n) is 25.9. The number of rotatable bonds is 14. The molecular formula is C26H45FN7O8P. The summed E-state index contributed by atoms with van der Waals surface area (Å²) >= 11 is 0. The van der Waals surface area contributed by atoms with Crippen molar-refractivity contribution in [1.82, 2.24) is 29.7 Å². The van der Waals surface area contributed by atoms with Gasteiger partial charge in [-0.05, 0) is 24.7 Å². The maximum Gasteiger partial charge on any atom is 0.342 e. The maximum atomic E-state index is 14.2. The predicted octanol–water partition coefficient (Wildman–Crippen LogP) is 2.70. The Kier molecular flexibility index (Phi) is 13.9. The normalized spacial score (nSPS) is 20.1. The molecule has 0 saturated carbocycles. The van der Waals surface area contributed by atoms with Crippen LogP contribution in [0.5, 0.6) is 0 Å². The second kappa shape index (κ2) is 16.4. The van der Waals surface area contributed by atoms with Crippen molar-refractivity contribution >= 4 is 36.6 Å². The van der Waals surface area contributed by atoms with Crippen molar-refractivity contribution in [3.8, 4) is 0 Å². The maximum absolute atomic E-state index is 14.2. The fourth-order valence-corrected chi connectivity index (χ4v) is 6.37. The second-order valence-corrected chi connectivity index (χ2v) is 12.5. The minimum atomic E-state index is -4.15. The molecule has 3 unspecified atom stereocenters. The molecule has 3 heterocycles. The van der Waals surface area contributed by atoms with E-state index in [1.54, 1.807) is 0 Å². The van der Waals surface area contributed by atoms with Crippen LogP contribution in [0.25, 0.3) is 11.2 Å². The molecule has 0 aliphatic carbocycles. The summed E-state index contributed by atoms with van der Waals surface area (Å²) in [4.78, 5) is 36.3. The Morgan fingerprint density at radius 2 is 1.65 bits per heavy atom. The monoisotopic (exact) mass is 633 g/mol. The quantitative estimate of drug-likeness (QED) is 0.134. The number of anilines is 1. The van der Waals surface area contributed by atoms with E-state index in [2.05, 4.69) is 25.1 Å². The number of imidazole rings is 1. The Morgan fingerprint density at radius 1 is 1.12 bits per heavy atom. The highest BCUT2D eigenvalue weighted by Gasteiger charge is 2.41. The van der Waals surface area contributed by atoms with Gasteiger partial charge in [-0.15, -0.1) is 0 Å². The molecule has 0 bridgehead atoms. The summed E-state index contributed by atoms with van der Waals surface area (Å²) in [6, 6.07) is -2.04. The first-order chi connectivity index (χ1) is 20.3. The molecule has 0 aromatic carbocycles. The highest BCUT2D eigenvalue weighted by molar-refractivity contribution is 7.54. The van der Waals surface area contributed by atoms with Gasteiger partial charge in [0, 0.05) is 6.42 Å². The first-order valence-corrected chi connectivity index (χ1v) is 15.8. The zero-order chi connectivity index (χ0) is 32.5. The molecule has 2 aromatic heterocycles. The molecule has 1 aliphatic heterocycles. The summed E-state index contributed by atoms with van der Waals surface area (Å²) in [5.74, 6) is -1.44. The molecule has 0 radical (unpaired) electrons. The number of aliphatic hydroxyl groups excluding tert-OH is 1. The van der Waals surface area contributed by atoms with Crippen LogP contribution in [0, 0.1) is 17.9 Å². The van der Waals surface area contributed by atoms with Crippen molar-refractivity contribution in [3.63, 3.8) is 0 Å². The molecule has 1 aliphatic rings. The van der Waals surface area contributed by atoms with Crippen molar-refractivity contribution in [1.29, 1.82) is 0 Å². The van der Waals surface area contributed by atoms with E-state index in [-0.39, 0.29) is 54.7 Å². The number of halogens is 1. The number of hydrogen-bond acceptors (Lipinski definition) is 12. The molecule has 43 heavy (non-hydrogen) atoms.